The zero-order valence-corrected chi connectivity index (χ0v) is 3.33. The number of nitrogens with zero attached hydrogens (tertiary/aromatic N) is 1. The average Bonchev–Trinajstić information content (AvgIpc) is 1.69. The number of hydrogen-bond acceptors (Lipinski definition) is 1. The fraction of sp³-hybridized carbons (Fsp3) is 0. The van der Waals surface area contributed by atoms with E-state index in [9.17, 15) is 4.39 Å². The van der Waals surface area contributed by atoms with E-state index in [0.717, 1.165) is 6.17 Å². The summed E-state index contributed by atoms with van der Waals surface area (Å²) in [6, 6.07) is 1.47. The van der Waals surface area contributed by atoms with Gasteiger partial charge in [0.15, 0.2) is 6.07 Å². The third kappa shape index (κ3) is 4.54. The molecule has 0 amide bonds. The van der Waals surface area contributed by atoms with Crippen LogP contribution >= 0.6 is 0 Å². The fourth-order valence-corrected chi connectivity index (χ4v) is 0.0828. The first-order chi connectivity index (χ1) is 3.41. The van der Waals surface area contributed by atoms with Crippen LogP contribution < -0.4 is 0 Å². The van der Waals surface area contributed by atoms with Crippen LogP contribution in [0.5, 0.6) is 0 Å². The summed E-state index contributed by atoms with van der Waals surface area (Å²) in [4.78, 5) is 0. The molecule has 0 bridgehead atoms. The second-order valence-electron chi connectivity index (χ2n) is 0.581. The monoisotopic (exact) mass is 93.0 g/mol. The summed E-state index contributed by atoms with van der Waals surface area (Å²) in [6.45, 7) is 0. The summed E-state index contributed by atoms with van der Waals surface area (Å²) in [5, 5.41) is 7.68. The largest absolute Gasteiger partial charge is 0.183 e. The lowest BCUT2D eigenvalue weighted by Crippen LogP contribution is -1.45. The molecule has 0 aliphatic rings. The molecule has 0 spiro atoms. The molecule has 0 saturated carbocycles. The van der Waals surface area contributed by atoms with Gasteiger partial charge < -0.3 is 0 Å². The van der Waals surface area contributed by atoms with Gasteiger partial charge in [0.25, 0.3) is 0 Å². The van der Waals surface area contributed by atoms with Gasteiger partial charge in [-0.3, -0.25) is 0 Å². The minimum Gasteiger partial charge on any atom is -0.183 e. The van der Waals surface area contributed by atoms with Crippen molar-refractivity contribution in [3.05, 3.63) is 0 Å². The van der Waals surface area contributed by atoms with Gasteiger partial charge in [0.1, 0.15) is 6.17 Å². The highest BCUT2D eigenvalue weighted by molar-refractivity contribution is 5.30. The predicted octanol–water partition coefficient (Wildman–Crippen LogP) is 0.444. The van der Waals surface area contributed by atoms with Crippen LogP contribution in [0.25, 0.3) is 0 Å². The van der Waals surface area contributed by atoms with Crippen LogP contribution in [0.4, 0.5) is 4.39 Å². The molecule has 0 saturated heterocycles. The smallest absolute Gasteiger partial charge is 0.153 e. The molecule has 0 aromatic rings. The Kier molecular flexibility index (Phi) is 3.59. The van der Waals surface area contributed by atoms with E-state index in [4.69, 9.17) is 5.26 Å². The molecule has 0 atom stereocenters. The van der Waals surface area contributed by atoms with Crippen molar-refractivity contribution in [3.63, 3.8) is 0 Å². The SMILES string of the molecule is N#CC#CC#CF. The van der Waals surface area contributed by atoms with Crippen molar-refractivity contribution < 1.29 is 4.39 Å². The van der Waals surface area contributed by atoms with Crippen molar-refractivity contribution in [2.24, 2.45) is 0 Å². The second kappa shape index (κ2) is 4.54. The lowest BCUT2D eigenvalue weighted by atomic mass is 10.6. The molecule has 0 aromatic carbocycles. The zero-order chi connectivity index (χ0) is 5.54. The van der Waals surface area contributed by atoms with Crippen molar-refractivity contribution >= 4 is 0 Å². The van der Waals surface area contributed by atoms with Gasteiger partial charge in [-0.15, -0.1) is 4.39 Å². The van der Waals surface area contributed by atoms with E-state index < -0.39 is 0 Å². The van der Waals surface area contributed by atoms with E-state index in [2.05, 4.69) is 0 Å². The number of hydrogen-bond donors (Lipinski definition) is 0. The molecule has 1 nitrogen and oxygen atoms in total. The minimum absolute atomic E-state index is 1.03. The van der Waals surface area contributed by atoms with Crippen LogP contribution in [0.15, 0.2) is 0 Å². The average molecular weight is 93.1 g/mol. The van der Waals surface area contributed by atoms with E-state index in [1.54, 1.807) is 5.92 Å². The topological polar surface area (TPSA) is 23.8 Å². The van der Waals surface area contributed by atoms with Crippen LogP contribution in [0.2, 0.25) is 0 Å². The zero-order valence-electron chi connectivity index (χ0n) is 3.33. The molecule has 0 aromatic heterocycles. The molecule has 0 N–H and O–H groups in total. The lowest BCUT2D eigenvalue weighted by molar-refractivity contribution is 0.774. The molecule has 32 valence electrons. The minimum atomic E-state index is 1.03. The van der Waals surface area contributed by atoms with E-state index in [-0.39, 0.29) is 0 Å². The molecule has 0 fully saturated rings. The Hall–Kier alpha value is -1.46. The molecule has 0 heterocycles. The molecule has 0 aliphatic carbocycles. The van der Waals surface area contributed by atoms with Crippen LogP contribution in [0.3, 0.4) is 0 Å². The maximum absolute atomic E-state index is 10.7. The summed E-state index contributed by atoms with van der Waals surface area (Å²) >= 11 is 0. The van der Waals surface area contributed by atoms with Crippen molar-refractivity contribution in [2.75, 3.05) is 0 Å². The highest BCUT2D eigenvalue weighted by Crippen LogP contribution is 1.51. The first-order valence-corrected chi connectivity index (χ1v) is 1.41. The highest BCUT2D eigenvalue weighted by Gasteiger charge is 1.51. The summed E-state index contributed by atoms with van der Waals surface area (Å²) in [6.07, 6.45) is 1.03. The van der Waals surface area contributed by atoms with Crippen LogP contribution in [-0.2, 0) is 0 Å². The molecule has 0 radical (unpaired) electrons. The lowest BCUT2D eigenvalue weighted by Gasteiger charge is -1.44. The first-order valence-electron chi connectivity index (χ1n) is 1.41. The van der Waals surface area contributed by atoms with Gasteiger partial charge in [0, 0.05) is 17.8 Å². The van der Waals surface area contributed by atoms with Gasteiger partial charge in [0.2, 0.25) is 0 Å². The van der Waals surface area contributed by atoms with Crippen molar-refractivity contribution in [2.45, 2.75) is 0 Å². The number of halogens is 1. The Balaban J connectivity index is 3.68. The summed E-state index contributed by atoms with van der Waals surface area (Å²) < 4.78 is 10.7. The normalized spacial score (nSPS) is 3.43. The Morgan fingerprint density at radius 1 is 1.14 bits per heavy atom. The Morgan fingerprint density at radius 2 is 1.86 bits per heavy atom. The van der Waals surface area contributed by atoms with Gasteiger partial charge in [-0.05, 0) is 0 Å². The third-order valence-corrected chi connectivity index (χ3v) is 0.228. The van der Waals surface area contributed by atoms with Gasteiger partial charge in [-0.2, -0.15) is 5.26 Å². The van der Waals surface area contributed by atoms with E-state index in [1.165, 1.54) is 6.07 Å². The Labute approximate surface area is 40.8 Å². The third-order valence-electron chi connectivity index (χ3n) is 0.228. The molecule has 7 heavy (non-hydrogen) atoms. The fourth-order valence-electron chi connectivity index (χ4n) is 0.0828. The highest BCUT2D eigenvalue weighted by atomic mass is 19.1. The van der Waals surface area contributed by atoms with Gasteiger partial charge >= 0.3 is 0 Å². The van der Waals surface area contributed by atoms with Crippen molar-refractivity contribution in [1.82, 2.24) is 0 Å². The van der Waals surface area contributed by atoms with Gasteiger partial charge in [0.05, 0.1) is 0 Å². The molecule has 0 aliphatic heterocycles. The number of rotatable bonds is 0. The van der Waals surface area contributed by atoms with Gasteiger partial charge in [-0.25, -0.2) is 0 Å². The Morgan fingerprint density at radius 3 is 2.29 bits per heavy atom. The molecule has 2 heteroatoms. The van der Waals surface area contributed by atoms with Gasteiger partial charge in [-0.1, -0.05) is 0 Å². The molecular weight excluding hydrogens is 93.1 g/mol. The quantitative estimate of drug-likeness (QED) is 0.399. The van der Waals surface area contributed by atoms with Crippen molar-refractivity contribution in [1.29, 1.82) is 5.26 Å². The predicted molar refractivity (Wildman–Crippen MR) is 22.3 cm³/mol. The summed E-state index contributed by atoms with van der Waals surface area (Å²) in [7, 11) is 0. The molecular formula is C5FN. The van der Waals surface area contributed by atoms with E-state index >= 15 is 0 Å². The second-order valence-corrected chi connectivity index (χ2v) is 0.581. The standard InChI is InChI=1S/C5FN/c6-4-2-1-3-5-7. The van der Waals surface area contributed by atoms with E-state index in [1.807, 2.05) is 11.8 Å². The maximum Gasteiger partial charge on any atom is 0.153 e. The molecule has 0 rings (SSSR count). The number of nitriles is 1. The summed E-state index contributed by atoms with van der Waals surface area (Å²) in [5.41, 5.74) is 0. The molecule has 0 unspecified atom stereocenters. The summed E-state index contributed by atoms with van der Waals surface area (Å²) in [5.74, 6) is 5.58. The van der Waals surface area contributed by atoms with Crippen LogP contribution in [0, 0.1) is 35.3 Å². The Bertz CT molecular complexity index is 190. The van der Waals surface area contributed by atoms with E-state index in [0.29, 0.717) is 0 Å². The van der Waals surface area contributed by atoms with Crippen LogP contribution in [0.1, 0.15) is 0 Å². The first kappa shape index (κ1) is 5.54. The maximum atomic E-state index is 10.7. The van der Waals surface area contributed by atoms with Crippen LogP contribution in [-0.4, -0.2) is 0 Å². The van der Waals surface area contributed by atoms with Crippen molar-refractivity contribution in [3.8, 4) is 30.0 Å².